The Morgan fingerprint density at radius 3 is 2.42 bits per heavy atom. The molecule has 1 aromatic heterocycles. The Balaban J connectivity index is 1.59. The first kappa shape index (κ1) is 16.3. The van der Waals surface area contributed by atoms with Gasteiger partial charge in [0.15, 0.2) is 0 Å². The van der Waals surface area contributed by atoms with Crippen molar-refractivity contribution in [3.05, 3.63) is 48.3 Å². The number of anilines is 3. The summed E-state index contributed by atoms with van der Waals surface area (Å²) in [6.45, 7) is 5.25. The molecule has 24 heavy (non-hydrogen) atoms. The van der Waals surface area contributed by atoms with Crippen LogP contribution in [0.5, 0.6) is 0 Å². The quantitative estimate of drug-likeness (QED) is 0.849. The van der Waals surface area contributed by atoms with Crippen LogP contribution in [0, 0.1) is 0 Å². The van der Waals surface area contributed by atoms with Gasteiger partial charge in [0.1, 0.15) is 5.69 Å². The number of nitrogens with one attached hydrogen (secondary N) is 2. The second-order valence-corrected chi connectivity index (χ2v) is 6.05. The molecule has 3 rings (SSSR count). The highest BCUT2D eigenvalue weighted by atomic mass is 16.1. The van der Waals surface area contributed by atoms with E-state index < -0.39 is 0 Å². The fourth-order valence-corrected chi connectivity index (χ4v) is 2.83. The maximum atomic E-state index is 12.3. The normalized spacial score (nSPS) is 13.8. The number of hydrogen-bond donors (Lipinski definition) is 2. The third-order valence-electron chi connectivity index (χ3n) is 4.17. The van der Waals surface area contributed by atoms with E-state index in [9.17, 15) is 4.79 Å². The average molecular weight is 324 g/mol. The van der Waals surface area contributed by atoms with Crippen LogP contribution in [0.2, 0.25) is 0 Å². The smallest absolute Gasteiger partial charge is 0.274 e. The van der Waals surface area contributed by atoms with E-state index in [1.54, 1.807) is 12.3 Å². The van der Waals surface area contributed by atoms with Gasteiger partial charge in [0.05, 0.1) is 11.9 Å². The zero-order valence-electron chi connectivity index (χ0n) is 14.1. The predicted octanol–water partition coefficient (Wildman–Crippen LogP) is 3.76. The van der Waals surface area contributed by atoms with Gasteiger partial charge >= 0.3 is 0 Å². The molecule has 1 aliphatic heterocycles. The zero-order valence-corrected chi connectivity index (χ0v) is 14.1. The molecule has 0 aliphatic carbocycles. The average Bonchev–Trinajstić information content (AvgIpc) is 3.15. The first-order valence-electron chi connectivity index (χ1n) is 8.62. The van der Waals surface area contributed by atoms with Crippen molar-refractivity contribution >= 4 is 23.0 Å². The van der Waals surface area contributed by atoms with Crippen molar-refractivity contribution in [2.24, 2.45) is 0 Å². The van der Waals surface area contributed by atoms with Gasteiger partial charge in [0.25, 0.3) is 5.91 Å². The van der Waals surface area contributed by atoms with Crippen LogP contribution in [-0.2, 0) is 0 Å². The van der Waals surface area contributed by atoms with Crippen LogP contribution >= 0.6 is 0 Å². The number of hydrogen-bond acceptors (Lipinski definition) is 4. The van der Waals surface area contributed by atoms with Gasteiger partial charge in [-0.3, -0.25) is 4.79 Å². The molecule has 1 aromatic carbocycles. The van der Waals surface area contributed by atoms with E-state index >= 15 is 0 Å². The van der Waals surface area contributed by atoms with Crippen LogP contribution in [0.3, 0.4) is 0 Å². The van der Waals surface area contributed by atoms with Crippen molar-refractivity contribution in [2.75, 3.05) is 35.2 Å². The second kappa shape index (κ2) is 7.81. The monoisotopic (exact) mass is 324 g/mol. The lowest BCUT2D eigenvalue weighted by atomic mass is 10.2. The van der Waals surface area contributed by atoms with Gasteiger partial charge in [-0.1, -0.05) is 6.92 Å². The summed E-state index contributed by atoms with van der Waals surface area (Å²) < 4.78 is 0. The first-order valence-corrected chi connectivity index (χ1v) is 8.62. The van der Waals surface area contributed by atoms with Crippen LogP contribution in [0.1, 0.15) is 36.7 Å². The Labute approximate surface area is 143 Å². The maximum absolute atomic E-state index is 12.3. The summed E-state index contributed by atoms with van der Waals surface area (Å²) in [5, 5.41) is 6.14. The first-order chi connectivity index (χ1) is 11.8. The van der Waals surface area contributed by atoms with E-state index in [-0.39, 0.29) is 5.91 Å². The van der Waals surface area contributed by atoms with Crippen LogP contribution in [0.25, 0.3) is 0 Å². The van der Waals surface area contributed by atoms with Crippen molar-refractivity contribution < 1.29 is 4.79 Å². The number of nitrogens with zero attached hydrogens (tertiary/aromatic N) is 2. The molecule has 5 nitrogen and oxygen atoms in total. The number of pyridine rings is 1. The molecule has 1 saturated heterocycles. The summed E-state index contributed by atoms with van der Waals surface area (Å²) in [5.41, 5.74) is 3.36. The molecule has 1 aliphatic rings. The molecule has 0 saturated carbocycles. The lowest BCUT2D eigenvalue weighted by Crippen LogP contribution is -2.17. The molecule has 0 spiro atoms. The highest BCUT2D eigenvalue weighted by Gasteiger charge is 2.12. The Morgan fingerprint density at radius 1 is 1.08 bits per heavy atom. The van der Waals surface area contributed by atoms with Gasteiger partial charge in [-0.15, -0.1) is 0 Å². The minimum atomic E-state index is -0.189. The number of aromatic nitrogens is 1. The van der Waals surface area contributed by atoms with Crippen LogP contribution < -0.4 is 15.5 Å². The number of rotatable bonds is 6. The third kappa shape index (κ3) is 4.04. The van der Waals surface area contributed by atoms with E-state index in [0.29, 0.717) is 5.69 Å². The molecule has 1 amide bonds. The topological polar surface area (TPSA) is 57.3 Å². The minimum absolute atomic E-state index is 0.189. The minimum Gasteiger partial charge on any atom is -0.384 e. The Hall–Kier alpha value is -2.56. The van der Waals surface area contributed by atoms with Gasteiger partial charge in [0.2, 0.25) is 0 Å². The number of benzene rings is 1. The molecule has 0 atom stereocenters. The lowest BCUT2D eigenvalue weighted by Gasteiger charge is -2.17. The Morgan fingerprint density at radius 2 is 1.79 bits per heavy atom. The number of carbonyl (C=O) groups is 1. The van der Waals surface area contributed by atoms with Crippen molar-refractivity contribution in [1.82, 2.24) is 4.98 Å². The number of carbonyl (C=O) groups excluding carboxylic acids is 1. The summed E-state index contributed by atoms with van der Waals surface area (Å²) in [6, 6.07) is 11.6. The van der Waals surface area contributed by atoms with E-state index in [1.165, 1.54) is 18.5 Å². The summed E-state index contributed by atoms with van der Waals surface area (Å²) in [6.07, 6.45) is 5.26. The molecule has 126 valence electrons. The van der Waals surface area contributed by atoms with Crippen molar-refractivity contribution in [3.63, 3.8) is 0 Å². The van der Waals surface area contributed by atoms with Gasteiger partial charge in [-0.25, -0.2) is 4.98 Å². The molecule has 0 radical (unpaired) electrons. The van der Waals surface area contributed by atoms with Gasteiger partial charge < -0.3 is 15.5 Å². The molecule has 2 N–H and O–H groups in total. The van der Waals surface area contributed by atoms with Crippen molar-refractivity contribution in [2.45, 2.75) is 26.2 Å². The summed E-state index contributed by atoms with van der Waals surface area (Å²) in [7, 11) is 0. The summed E-state index contributed by atoms with van der Waals surface area (Å²) in [4.78, 5) is 18.9. The SMILES string of the molecule is CCCNc1ccc(C(=O)Nc2ccc(N3CCCC3)cc2)nc1. The lowest BCUT2D eigenvalue weighted by molar-refractivity contribution is 0.102. The molecule has 2 heterocycles. The Kier molecular flexibility index (Phi) is 5.31. The maximum Gasteiger partial charge on any atom is 0.274 e. The van der Waals surface area contributed by atoms with E-state index in [4.69, 9.17) is 0 Å². The third-order valence-corrected chi connectivity index (χ3v) is 4.17. The van der Waals surface area contributed by atoms with Gasteiger partial charge in [-0.05, 0) is 55.7 Å². The van der Waals surface area contributed by atoms with Crippen LogP contribution in [-0.4, -0.2) is 30.5 Å². The molecule has 1 fully saturated rings. The molecular weight excluding hydrogens is 300 g/mol. The van der Waals surface area contributed by atoms with Gasteiger partial charge in [-0.2, -0.15) is 0 Å². The fourth-order valence-electron chi connectivity index (χ4n) is 2.83. The summed E-state index contributed by atoms with van der Waals surface area (Å²) in [5.74, 6) is -0.189. The second-order valence-electron chi connectivity index (χ2n) is 6.05. The molecule has 0 unspecified atom stereocenters. The van der Waals surface area contributed by atoms with Gasteiger partial charge in [0, 0.05) is 31.0 Å². The zero-order chi connectivity index (χ0) is 16.8. The molecular formula is C19H24N4O. The van der Waals surface area contributed by atoms with E-state index in [2.05, 4.69) is 39.6 Å². The highest BCUT2D eigenvalue weighted by molar-refractivity contribution is 6.03. The van der Waals surface area contributed by atoms with E-state index in [1.807, 2.05) is 18.2 Å². The van der Waals surface area contributed by atoms with E-state index in [0.717, 1.165) is 37.4 Å². The van der Waals surface area contributed by atoms with Crippen molar-refractivity contribution in [1.29, 1.82) is 0 Å². The fraction of sp³-hybridized carbons (Fsp3) is 0.368. The van der Waals surface area contributed by atoms with Crippen LogP contribution in [0.15, 0.2) is 42.6 Å². The highest BCUT2D eigenvalue weighted by Crippen LogP contribution is 2.22. The molecule has 0 bridgehead atoms. The molecule has 2 aromatic rings. The summed E-state index contributed by atoms with van der Waals surface area (Å²) >= 11 is 0. The largest absolute Gasteiger partial charge is 0.384 e. The standard InChI is InChI=1S/C19H24N4O/c1-2-11-20-16-7-10-18(21-14-16)19(24)22-15-5-8-17(9-6-15)23-12-3-4-13-23/h5-10,14,20H,2-4,11-13H2,1H3,(H,22,24). The predicted molar refractivity (Wildman–Crippen MR) is 98.9 cm³/mol. The van der Waals surface area contributed by atoms with Crippen LogP contribution in [0.4, 0.5) is 17.1 Å². The molecule has 5 heteroatoms. The Bertz CT molecular complexity index is 661. The van der Waals surface area contributed by atoms with Crippen molar-refractivity contribution in [3.8, 4) is 0 Å². The number of amides is 1.